The predicted molar refractivity (Wildman–Crippen MR) is 69.9 cm³/mol. The molecule has 1 fully saturated rings. The van der Waals surface area contributed by atoms with Crippen molar-refractivity contribution in [3.8, 4) is 0 Å². The van der Waals surface area contributed by atoms with Crippen LogP contribution in [-0.2, 0) is 6.18 Å². The first-order chi connectivity index (χ1) is 10.2. The van der Waals surface area contributed by atoms with Gasteiger partial charge in [-0.15, -0.1) is 0 Å². The lowest BCUT2D eigenvalue weighted by molar-refractivity contribution is -0.141. The van der Waals surface area contributed by atoms with Gasteiger partial charge in [0.2, 0.25) is 0 Å². The van der Waals surface area contributed by atoms with Crippen LogP contribution < -0.4 is 4.90 Å². The molecule has 2 N–H and O–H groups in total. The van der Waals surface area contributed by atoms with E-state index in [1.165, 1.54) is 4.90 Å². The highest BCUT2D eigenvalue weighted by Gasteiger charge is 2.36. The van der Waals surface area contributed by atoms with Gasteiger partial charge in [0.15, 0.2) is 16.7 Å². The minimum atomic E-state index is -4.66. The maximum absolute atomic E-state index is 12.5. The molecule has 2 rings (SSSR count). The van der Waals surface area contributed by atoms with Gasteiger partial charge in [-0.3, -0.25) is 0 Å². The van der Waals surface area contributed by atoms with Crippen LogP contribution in [0.1, 0.15) is 5.69 Å². The summed E-state index contributed by atoms with van der Waals surface area (Å²) in [5.41, 5.74) is -1.22. The summed E-state index contributed by atoms with van der Waals surface area (Å²) < 4.78 is 37.6. The van der Waals surface area contributed by atoms with E-state index in [4.69, 9.17) is 16.7 Å². The van der Waals surface area contributed by atoms with Gasteiger partial charge >= 0.3 is 12.3 Å². The van der Waals surface area contributed by atoms with Crippen LogP contribution in [0, 0.1) is 0 Å². The fourth-order valence-electron chi connectivity index (χ4n) is 2.15. The Morgan fingerprint density at radius 2 is 2.14 bits per heavy atom. The summed E-state index contributed by atoms with van der Waals surface area (Å²) >= 11 is 5.76. The average molecular weight is 341 g/mol. The van der Waals surface area contributed by atoms with E-state index in [1.807, 2.05) is 0 Å². The Labute approximate surface area is 127 Å². The molecule has 1 amide bonds. The molecule has 1 aliphatic rings. The monoisotopic (exact) mass is 340 g/mol. The summed E-state index contributed by atoms with van der Waals surface area (Å²) in [6.45, 7) is -0.157. The zero-order chi connectivity index (χ0) is 16.5. The second kappa shape index (κ2) is 6.13. The molecule has 2 heterocycles. The average Bonchev–Trinajstić information content (AvgIpc) is 2.45. The predicted octanol–water partition coefficient (Wildman–Crippen LogP) is 1.31. The summed E-state index contributed by atoms with van der Waals surface area (Å²) in [4.78, 5) is 20.4. The first-order valence-electron chi connectivity index (χ1n) is 6.19. The second-order valence-corrected chi connectivity index (χ2v) is 4.98. The number of anilines is 1. The van der Waals surface area contributed by atoms with Crippen molar-refractivity contribution in [3.63, 3.8) is 0 Å². The maximum Gasteiger partial charge on any atom is 0.434 e. The molecule has 0 bridgehead atoms. The number of rotatable bonds is 2. The van der Waals surface area contributed by atoms with Crippen LogP contribution in [0.5, 0.6) is 0 Å². The van der Waals surface area contributed by atoms with Crippen molar-refractivity contribution < 1.29 is 28.2 Å². The largest absolute Gasteiger partial charge is 0.465 e. The van der Waals surface area contributed by atoms with Crippen molar-refractivity contribution >= 4 is 23.5 Å². The van der Waals surface area contributed by atoms with Crippen LogP contribution in [0.2, 0.25) is 5.15 Å². The Balaban J connectivity index is 2.26. The highest BCUT2D eigenvalue weighted by molar-refractivity contribution is 6.31. The minimum absolute atomic E-state index is 0.00906. The van der Waals surface area contributed by atoms with E-state index in [2.05, 4.69) is 9.97 Å². The highest BCUT2D eigenvalue weighted by atomic mass is 35.5. The molecule has 0 aromatic carbocycles. The number of hydrogen-bond acceptors (Lipinski definition) is 5. The molecule has 0 radical (unpaired) electrons. The third kappa shape index (κ3) is 3.33. The standard InChI is InChI=1S/C11H12ClF3N4O3/c12-8-9(16-3-7(17-8)11(13,14)15)19-2-1-18(10(21)22)4-6(19)5-20/h3,6,20H,1-2,4-5H2,(H,21,22)/t6-/m0/s1. The van der Waals surface area contributed by atoms with Gasteiger partial charge in [0.05, 0.1) is 18.8 Å². The van der Waals surface area contributed by atoms with Crippen LogP contribution >= 0.6 is 11.6 Å². The number of aliphatic hydroxyl groups is 1. The first-order valence-corrected chi connectivity index (χ1v) is 6.57. The SMILES string of the molecule is O=C(O)N1CCN(c2ncc(C(F)(F)F)nc2Cl)[C@H](CO)C1. The van der Waals surface area contributed by atoms with Crippen LogP contribution in [0.25, 0.3) is 0 Å². The molecule has 1 saturated heterocycles. The van der Waals surface area contributed by atoms with Gasteiger partial charge in [0.25, 0.3) is 0 Å². The van der Waals surface area contributed by atoms with Gasteiger partial charge in [0, 0.05) is 19.6 Å². The number of alkyl halides is 3. The molecule has 122 valence electrons. The van der Waals surface area contributed by atoms with Gasteiger partial charge < -0.3 is 20.0 Å². The molecule has 0 aliphatic carbocycles. The Kier molecular flexibility index (Phi) is 4.61. The highest BCUT2D eigenvalue weighted by Crippen LogP contribution is 2.31. The van der Waals surface area contributed by atoms with Crippen molar-refractivity contribution in [2.75, 3.05) is 31.1 Å². The van der Waals surface area contributed by atoms with Gasteiger partial charge in [-0.2, -0.15) is 13.2 Å². The van der Waals surface area contributed by atoms with E-state index >= 15 is 0 Å². The Bertz CT molecular complexity index is 572. The Morgan fingerprint density at radius 1 is 1.45 bits per heavy atom. The summed E-state index contributed by atoms with van der Waals surface area (Å²) in [6, 6.07) is -0.659. The second-order valence-electron chi connectivity index (χ2n) is 4.63. The van der Waals surface area contributed by atoms with Gasteiger partial charge in [0.1, 0.15) is 0 Å². The van der Waals surface area contributed by atoms with E-state index in [1.54, 1.807) is 0 Å². The van der Waals surface area contributed by atoms with Crippen molar-refractivity contribution in [1.82, 2.24) is 14.9 Å². The zero-order valence-electron chi connectivity index (χ0n) is 11.1. The fraction of sp³-hybridized carbons (Fsp3) is 0.545. The summed E-state index contributed by atoms with van der Waals surface area (Å²) in [5, 5.41) is 17.9. The molecule has 1 aliphatic heterocycles. The van der Waals surface area contributed by atoms with Crippen LogP contribution in [0.15, 0.2) is 6.20 Å². The number of halogens is 4. The normalized spacial score (nSPS) is 19.4. The van der Waals surface area contributed by atoms with Crippen molar-refractivity contribution in [1.29, 1.82) is 0 Å². The van der Waals surface area contributed by atoms with Crippen LogP contribution in [0.4, 0.5) is 23.8 Å². The van der Waals surface area contributed by atoms with Crippen molar-refractivity contribution in [2.45, 2.75) is 12.2 Å². The third-order valence-electron chi connectivity index (χ3n) is 3.24. The lowest BCUT2D eigenvalue weighted by atomic mass is 10.2. The number of aromatic nitrogens is 2. The van der Waals surface area contributed by atoms with Crippen LogP contribution in [0.3, 0.4) is 0 Å². The van der Waals surface area contributed by atoms with Gasteiger partial charge in [-0.1, -0.05) is 11.6 Å². The molecule has 11 heteroatoms. The molecule has 0 spiro atoms. The molecule has 7 nitrogen and oxygen atoms in total. The third-order valence-corrected chi connectivity index (χ3v) is 3.49. The molecular formula is C11H12ClF3N4O3. The van der Waals surface area contributed by atoms with E-state index < -0.39 is 35.8 Å². The maximum atomic E-state index is 12.5. The van der Waals surface area contributed by atoms with Gasteiger partial charge in [-0.25, -0.2) is 14.8 Å². The molecule has 1 atom stereocenters. The van der Waals surface area contributed by atoms with Crippen molar-refractivity contribution in [3.05, 3.63) is 17.0 Å². The number of amides is 1. The van der Waals surface area contributed by atoms with E-state index in [-0.39, 0.29) is 25.5 Å². The number of carbonyl (C=O) groups is 1. The van der Waals surface area contributed by atoms with E-state index in [9.17, 15) is 23.1 Å². The smallest absolute Gasteiger partial charge is 0.434 e. The molecule has 0 unspecified atom stereocenters. The first kappa shape index (κ1) is 16.6. The summed E-state index contributed by atoms with van der Waals surface area (Å²) in [7, 11) is 0. The molecule has 0 saturated carbocycles. The Hall–Kier alpha value is -1.81. The fourth-order valence-corrected chi connectivity index (χ4v) is 2.40. The lowest BCUT2D eigenvalue weighted by Gasteiger charge is -2.40. The number of hydrogen-bond donors (Lipinski definition) is 2. The lowest BCUT2D eigenvalue weighted by Crippen LogP contribution is -2.56. The zero-order valence-corrected chi connectivity index (χ0v) is 11.8. The van der Waals surface area contributed by atoms with Crippen molar-refractivity contribution in [2.24, 2.45) is 0 Å². The minimum Gasteiger partial charge on any atom is -0.465 e. The number of carboxylic acid groups (broad SMARTS) is 1. The number of aliphatic hydroxyl groups excluding tert-OH is 1. The van der Waals surface area contributed by atoms with E-state index in [0.717, 1.165) is 4.90 Å². The topological polar surface area (TPSA) is 89.8 Å². The molecular weight excluding hydrogens is 329 g/mol. The quantitative estimate of drug-likeness (QED) is 0.843. The molecule has 22 heavy (non-hydrogen) atoms. The Morgan fingerprint density at radius 3 is 2.64 bits per heavy atom. The molecule has 1 aromatic rings. The van der Waals surface area contributed by atoms with E-state index in [0.29, 0.717) is 6.20 Å². The molecule has 1 aromatic heterocycles. The summed E-state index contributed by atoms with van der Waals surface area (Å²) in [6.07, 6.45) is -5.24. The van der Waals surface area contributed by atoms with Crippen LogP contribution in [-0.4, -0.2) is 63.5 Å². The number of piperazine rings is 1. The summed E-state index contributed by atoms with van der Waals surface area (Å²) in [5.74, 6) is -0.0150. The van der Waals surface area contributed by atoms with Gasteiger partial charge in [-0.05, 0) is 0 Å². The number of nitrogens with zero attached hydrogens (tertiary/aromatic N) is 4.